The van der Waals surface area contributed by atoms with E-state index in [1.54, 1.807) is 38.5 Å². The van der Waals surface area contributed by atoms with E-state index < -0.39 is 0 Å². The molecule has 6 aliphatic rings. The van der Waals surface area contributed by atoms with Crippen molar-refractivity contribution < 1.29 is 0 Å². The summed E-state index contributed by atoms with van der Waals surface area (Å²) < 4.78 is 0. The number of rotatable bonds is 2. The van der Waals surface area contributed by atoms with E-state index in [2.05, 4.69) is 10.2 Å². The van der Waals surface area contributed by atoms with Crippen molar-refractivity contribution in [1.82, 2.24) is 10.2 Å². The van der Waals surface area contributed by atoms with E-state index in [0.717, 1.165) is 23.2 Å². The normalized spacial score (nSPS) is 49.5. The Hall–Kier alpha value is -0.0800. The average Bonchev–Trinajstić information content (AvgIpc) is 2.98. The van der Waals surface area contributed by atoms with Gasteiger partial charge in [-0.25, -0.2) is 0 Å². The number of nitrogens with zero attached hydrogens (tertiary/aromatic N) is 1. The predicted octanol–water partition coefficient (Wildman–Crippen LogP) is 3.38. The van der Waals surface area contributed by atoms with Crippen molar-refractivity contribution in [2.75, 3.05) is 19.8 Å². The fourth-order valence-corrected chi connectivity index (χ4v) is 7.28. The molecule has 4 bridgehead atoms. The van der Waals surface area contributed by atoms with E-state index in [9.17, 15) is 0 Å². The maximum atomic E-state index is 3.89. The Morgan fingerprint density at radius 2 is 1.50 bits per heavy atom. The van der Waals surface area contributed by atoms with Gasteiger partial charge in [-0.2, -0.15) is 0 Å². The van der Waals surface area contributed by atoms with Crippen LogP contribution in [0.4, 0.5) is 0 Å². The molecule has 1 saturated heterocycles. The molecule has 2 nitrogen and oxygen atoms in total. The average molecular weight is 274 g/mol. The maximum Gasteiger partial charge on any atom is 0.0486 e. The number of hydrogen-bond acceptors (Lipinski definition) is 2. The van der Waals surface area contributed by atoms with Gasteiger partial charge in [0.25, 0.3) is 0 Å². The second-order valence-electron chi connectivity index (χ2n) is 9.23. The highest BCUT2D eigenvalue weighted by molar-refractivity contribution is 5.05. The molecule has 6 fully saturated rings. The van der Waals surface area contributed by atoms with E-state index in [4.69, 9.17) is 0 Å². The van der Waals surface area contributed by atoms with Crippen molar-refractivity contribution in [3.63, 3.8) is 0 Å². The van der Waals surface area contributed by atoms with E-state index in [0.29, 0.717) is 5.54 Å². The third kappa shape index (κ3) is 1.90. The zero-order chi connectivity index (χ0) is 13.2. The summed E-state index contributed by atoms with van der Waals surface area (Å²) in [6, 6.07) is 0. The Balaban J connectivity index is 1.30. The quantitative estimate of drug-likeness (QED) is 0.830. The van der Waals surface area contributed by atoms with Gasteiger partial charge in [-0.05, 0) is 74.5 Å². The first-order chi connectivity index (χ1) is 9.73. The van der Waals surface area contributed by atoms with E-state index in [1.165, 1.54) is 45.4 Å². The molecule has 1 aliphatic heterocycles. The molecule has 0 atom stereocenters. The van der Waals surface area contributed by atoms with Gasteiger partial charge in [0, 0.05) is 25.3 Å². The van der Waals surface area contributed by atoms with Crippen LogP contribution in [-0.4, -0.2) is 30.2 Å². The van der Waals surface area contributed by atoms with Crippen LogP contribution in [0, 0.1) is 23.2 Å². The summed E-state index contributed by atoms with van der Waals surface area (Å²) >= 11 is 0. The van der Waals surface area contributed by atoms with Crippen molar-refractivity contribution in [3.05, 3.63) is 0 Å². The first-order valence-corrected chi connectivity index (χ1v) is 9.20. The van der Waals surface area contributed by atoms with Crippen LogP contribution in [0.5, 0.6) is 0 Å². The monoisotopic (exact) mass is 274 g/mol. The van der Waals surface area contributed by atoms with Crippen LogP contribution < -0.4 is 5.32 Å². The second kappa shape index (κ2) is 4.23. The van der Waals surface area contributed by atoms with Crippen LogP contribution in [0.1, 0.15) is 64.2 Å². The second-order valence-corrected chi connectivity index (χ2v) is 9.23. The molecule has 0 unspecified atom stereocenters. The van der Waals surface area contributed by atoms with Crippen LogP contribution in [0.3, 0.4) is 0 Å². The minimum Gasteiger partial charge on any atom is -0.297 e. The Labute approximate surface area is 123 Å². The van der Waals surface area contributed by atoms with Crippen molar-refractivity contribution >= 4 is 0 Å². The number of hydrogen-bond donors (Lipinski definition) is 1. The molecule has 5 aliphatic carbocycles. The summed E-state index contributed by atoms with van der Waals surface area (Å²) in [5.74, 6) is 3.33. The van der Waals surface area contributed by atoms with Crippen LogP contribution in [0.15, 0.2) is 0 Å². The van der Waals surface area contributed by atoms with Gasteiger partial charge < -0.3 is 0 Å². The molecule has 5 saturated carbocycles. The van der Waals surface area contributed by atoms with Gasteiger partial charge in [0.15, 0.2) is 0 Å². The highest BCUT2D eigenvalue weighted by atomic mass is 15.3. The standard InChI is InChI=1S/C18H30N2/c1-2-4-18(3-1)12-20(13-19-18)11-17-8-14-5-15(9-17)7-16(6-14)10-17/h14-16,19H,1-13H2. The van der Waals surface area contributed by atoms with Gasteiger partial charge >= 0.3 is 0 Å². The third-order valence-electron chi connectivity index (χ3n) is 7.49. The molecule has 0 amide bonds. The first-order valence-electron chi connectivity index (χ1n) is 9.20. The highest BCUT2D eigenvalue weighted by Crippen LogP contribution is 2.60. The summed E-state index contributed by atoms with van der Waals surface area (Å²) in [5, 5.41) is 3.89. The largest absolute Gasteiger partial charge is 0.297 e. The molecule has 1 heterocycles. The molecule has 0 radical (unpaired) electrons. The highest BCUT2D eigenvalue weighted by Gasteiger charge is 2.52. The molecular weight excluding hydrogens is 244 g/mol. The summed E-state index contributed by atoms with van der Waals surface area (Å²) in [7, 11) is 0. The maximum absolute atomic E-state index is 3.89. The Morgan fingerprint density at radius 3 is 2.10 bits per heavy atom. The Bertz CT molecular complexity index is 361. The molecule has 6 rings (SSSR count). The Morgan fingerprint density at radius 1 is 0.900 bits per heavy atom. The summed E-state index contributed by atoms with van der Waals surface area (Å²) in [6.07, 6.45) is 15.3. The van der Waals surface area contributed by atoms with E-state index in [1.807, 2.05) is 0 Å². The van der Waals surface area contributed by atoms with Gasteiger partial charge in [0.2, 0.25) is 0 Å². The van der Waals surface area contributed by atoms with E-state index >= 15 is 0 Å². The summed E-state index contributed by atoms with van der Waals surface area (Å²) in [6.45, 7) is 3.96. The Kier molecular flexibility index (Phi) is 2.63. The minimum absolute atomic E-state index is 0.530. The SMILES string of the molecule is C1CCC2(C1)CN(CC13CC4CC(CC(C4)C1)C3)CN2. The summed E-state index contributed by atoms with van der Waals surface area (Å²) in [5.41, 5.74) is 1.27. The zero-order valence-electron chi connectivity index (χ0n) is 12.9. The van der Waals surface area contributed by atoms with Crippen molar-refractivity contribution in [3.8, 4) is 0 Å². The lowest BCUT2D eigenvalue weighted by Crippen LogP contribution is -2.51. The van der Waals surface area contributed by atoms with Crippen molar-refractivity contribution in [2.24, 2.45) is 23.2 Å². The van der Waals surface area contributed by atoms with Gasteiger partial charge in [-0.15, -0.1) is 0 Å². The molecular formula is C18H30N2. The van der Waals surface area contributed by atoms with Crippen molar-refractivity contribution in [2.45, 2.75) is 69.7 Å². The fourth-order valence-electron chi connectivity index (χ4n) is 7.28. The minimum atomic E-state index is 0.530. The van der Waals surface area contributed by atoms with Crippen LogP contribution >= 0.6 is 0 Å². The zero-order valence-corrected chi connectivity index (χ0v) is 12.9. The third-order valence-corrected chi connectivity index (χ3v) is 7.49. The van der Waals surface area contributed by atoms with Gasteiger partial charge in [0.1, 0.15) is 0 Å². The molecule has 112 valence electrons. The lowest BCUT2D eigenvalue weighted by molar-refractivity contribution is -0.0671. The van der Waals surface area contributed by atoms with Gasteiger partial charge in [-0.1, -0.05) is 12.8 Å². The topological polar surface area (TPSA) is 15.3 Å². The van der Waals surface area contributed by atoms with Gasteiger partial charge in [0.05, 0.1) is 0 Å². The van der Waals surface area contributed by atoms with E-state index in [-0.39, 0.29) is 0 Å². The lowest BCUT2D eigenvalue weighted by Gasteiger charge is -2.57. The molecule has 2 heteroatoms. The number of nitrogens with one attached hydrogen (secondary N) is 1. The molecule has 1 spiro atoms. The van der Waals surface area contributed by atoms with Crippen molar-refractivity contribution in [1.29, 1.82) is 0 Å². The van der Waals surface area contributed by atoms with Crippen LogP contribution in [0.25, 0.3) is 0 Å². The fraction of sp³-hybridized carbons (Fsp3) is 1.00. The van der Waals surface area contributed by atoms with Crippen LogP contribution in [-0.2, 0) is 0 Å². The molecule has 1 N–H and O–H groups in total. The molecule has 0 aromatic carbocycles. The first kappa shape index (κ1) is 12.5. The van der Waals surface area contributed by atoms with Crippen LogP contribution in [0.2, 0.25) is 0 Å². The summed E-state index contributed by atoms with van der Waals surface area (Å²) in [4.78, 5) is 2.80. The molecule has 20 heavy (non-hydrogen) atoms. The molecule has 0 aromatic heterocycles. The predicted molar refractivity (Wildman–Crippen MR) is 81.4 cm³/mol. The van der Waals surface area contributed by atoms with Gasteiger partial charge in [-0.3, -0.25) is 10.2 Å². The molecule has 0 aromatic rings. The smallest absolute Gasteiger partial charge is 0.0486 e. The lowest BCUT2D eigenvalue weighted by atomic mass is 9.49.